The number of nitrogens with one attached hydrogen (secondary N) is 1. The van der Waals surface area contributed by atoms with E-state index in [1.165, 1.54) is 0 Å². The van der Waals surface area contributed by atoms with Crippen LogP contribution in [0.3, 0.4) is 0 Å². The first-order chi connectivity index (χ1) is 12.6. The largest absolute Gasteiger partial charge is 0.486 e. The van der Waals surface area contributed by atoms with Crippen LogP contribution in [0.1, 0.15) is 38.3 Å². The second-order valence-corrected chi connectivity index (χ2v) is 6.78. The summed E-state index contributed by atoms with van der Waals surface area (Å²) in [4.78, 5) is 16.1. The van der Waals surface area contributed by atoms with Crippen molar-refractivity contribution in [1.82, 2.24) is 20.2 Å². The first kappa shape index (κ1) is 16.6. The topological polar surface area (TPSA) is 90.6 Å². The van der Waals surface area contributed by atoms with Gasteiger partial charge < -0.3 is 9.47 Å². The Balaban J connectivity index is 1.76. The number of benzene rings is 1. The zero-order valence-corrected chi connectivity index (χ0v) is 14.9. The van der Waals surface area contributed by atoms with Gasteiger partial charge in [0.25, 0.3) is 0 Å². The summed E-state index contributed by atoms with van der Waals surface area (Å²) in [5.41, 5.74) is 4.08. The highest BCUT2D eigenvalue weighted by Gasteiger charge is 2.22. The van der Waals surface area contributed by atoms with E-state index in [0.717, 1.165) is 29.4 Å². The van der Waals surface area contributed by atoms with Crippen molar-refractivity contribution < 1.29 is 14.3 Å². The van der Waals surface area contributed by atoms with Crippen molar-refractivity contribution in [3.63, 3.8) is 0 Å². The molecule has 3 heterocycles. The van der Waals surface area contributed by atoms with Crippen molar-refractivity contribution in [1.29, 1.82) is 0 Å². The zero-order chi connectivity index (χ0) is 18.1. The minimum Gasteiger partial charge on any atom is -0.486 e. The summed E-state index contributed by atoms with van der Waals surface area (Å²) in [6, 6.07) is 5.70. The second kappa shape index (κ2) is 6.78. The lowest BCUT2D eigenvalue weighted by atomic mass is 10.1. The van der Waals surface area contributed by atoms with Crippen molar-refractivity contribution >= 4 is 11.6 Å². The van der Waals surface area contributed by atoms with Crippen LogP contribution in [0, 0.1) is 5.92 Å². The van der Waals surface area contributed by atoms with Gasteiger partial charge in [-0.15, -0.1) is 0 Å². The molecule has 0 fully saturated rings. The van der Waals surface area contributed by atoms with Gasteiger partial charge >= 0.3 is 0 Å². The van der Waals surface area contributed by atoms with Gasteiger partial charge in [-0.25, -0.2) is 15.1 Å². The number of hydrazone groups is 1. The molecule has 0 spiro atoms. The maximum absolute atomic E-state index is 11.4. The fourth-order valence-corrected chi connectivity index (χ4v) is 2.97. The van der Waals surface area contributed by atoms with Gasteiger partial charge in [0, 0.05) is 25.3 Å². The molecule has 136 valence electrons. The normalized spacial score (nSPS) is 16.4. The van der Waals surface area contributed by atoms with Crippen LogP contribution < -0.4 is 14.9 Å². The van der Waals surface area contributed by atoms with Crippen LogP contribution in [-0.2, 0) is 11.2 Å². The third kappa shape index (κ3) is 3.26. The van der Waals surface area contributed by atoms with Gasteiger partial charge in [-0.05, 0) is 18.1 Å². The highest BCUT2D eigenvalue weighted by molar-refractivity contribution is 6.02. The molecule has 2 aliphatic rings. The van der Waals surface area contributed by atoms with E-state index in [1.54, 1.807) is 4.68 Å². The lowest BCUT2D eigenvalue weighted by molar-refractivity contribution is -0.121. The van der Waals surface area contributed by atoms with Gasteiger partial charge in [0.05, 0.1) is 5.69 Å². The fraction of sp³-hybridized carbons (Fsp3) is 0.444. The van der Waals surface area contributed by atoms with Gasteiger partial charge in [-0.1, -0.05) is 13.8 Å². The quantitative estimate of drug-likeness (QED) is 0.904. The number of carbonyl (C=O) groups excluding carboxylic acids is 1. The molecule has 1 amide bonds. The number of nitrogens with zero attached hydrogens (tertiary/aromatic N) is 4. The van der Waals surface area contributed by atoms with Crippen LogP contribution in [0.4, 0.5) is 0 Å². The fourth-order valence-electron chi connectivity index (χ4n) is 2.97. The summed E-state index contributed by atoms with van der Waals surface area (Å²) >= 11 is 0. The van der Waals surface area contributed by atoms with E-state index in [4.69, 9.17) is 9.47 Å². The third-order valence-electron chi connectivity index (χ3n) is 4.17. The van der Waals surface area contributed by atoms with Crippen LogP contribution >= 0.6 is 0 Å². The molecule has 0 atom stereocenters. The maximum atomic E-state index is 11.4. The lowest BCUT2D eigenvalue weighted by Crippen LogP contribution is -2.27. The minimum absolute atomic E-state index is 0.0819. The van der Waals surface area contributed by atoms with Gasteiger partial charge in [0.15, 0.2) is 23.1 Å². The number of hydrogen-bond donors (Lipinski definition) is 1. The highest BCUT2D eigenvalue weighted by Crippen LogP contribution is 2.32. The summed E-state index contributed by atoms with van der Waals surface area (Å²) in [6.07, 6.45) is 1.70. The summed E-state index contributed by atoms with van der Waals surface area (Å²) in [7, 11) is 0. The number of ether oxygens (including phenoxy) is 2. The van der Waals surface area contributed by atoms with Crippen LogP contribution in [-0.4, -0.2) is 39.6 Å². The SMILES string of the molecule is CC(C)Cc1nc(C2=NNC(=O)CC2)n(-c2ccc3c(c2)OCCO3)n1. The van der Waals surface area contributed by atoms with Crippen LogP contribution in [0.15, 0.2) is 23.3 Å². The first-order valence-corrected chi connectivity index (χ1v) is 8.82. The molecule has 0 bridgehead atoms. The summed E-state index contributed by atoms with van der Waals surface area (Å²) in [5, 5.41) is 8.86. The predicted molar refractivity (Wildman–Crippen MR) is 94.8 cm³/mol. The highest BCUT2D eigenvalue weighted by atomic mass is 16.6. The van der Waals surface area contributed by atoms with E-state index in [1.807, 2.05) is 18.2 Å². The average molecular weight is 355 g/mol. The Kier molecular flexibility index (Phi) is 4.32. The van der Waals surface area contributed by atoms with Crippen LogP contribution in [0.25, 0.3) is 5.69 Å². The smallest absolute Gasteiger partial charge is 0.240 e. The second-order valence-electron chi connectivity index (χ2n) is 6.78. The van der Waals surface area contributed by atoms with E-state index < -0.39 is 0 Å². The van der Waals surface area contributed by atoms with Crippen molar-refractivity contribution in [3.8, 4) is 17.2 Å². The molecule has 0 unspecified atom stereocenters. The molecule has 2 aromatic rings. The standard InChI is InChI=1S/C18H21N5O3/c1-11(2)9-16-19-18(13-4-6-17(24)21-20-13)23(22-16)12-3-5-14-15(10-12)26-8-7-25-14/h3,5,10-11H,4,6-9H2,1-2H3,(H,21,24). The van der Waals surface area contributed by atoms with Gasteiger partial charge in [0.1, 0.15) is 18.9 Å². The van der Waals surface area contributed by atoms with Crippen LogP contribution in [0.5, 0.6) is 11.5 Å². The minimum atomic E-state index is -0.0819. The Bertz CT molecular complexity index is 872. The number of carbonyl (C=O) groups is 1. The van der Waals surface area contributed by atoms with Crippen molar-refractivity contribution in [2.75, 3.05) is 13.2 Å². The number of hydrogen-bond acceptors (Lipinski definition) is 6. The molecule has 1 aromatic carbocycles. The monoisotopic (exact) mass is 355 g/mol. The molecule has 1 aromatic heterocycles. The molecule has 0 saturated heterocycles. The van der Waals surface area contributed by atoms with Gasteiger partial charge in [-0.2, -0.15) is 10.2 Å². The molecule has 8 nitrogen and oxygen atoms in total. The Morgan fingerprint density at radius 1 is 1.19 bits per heavy atom. The number of rotatable bonds is 4. The molecule has 4 rings (SSSR count). The molecule has 8 heteroatoms. The van der Waals surface area contributed by atoms with Crippen molar-refractivity contribution in [3.05, 3.63) is 29.8 Å². The Hall–Kier alpha value is -2.90. The number of aromatic nitrogens is 3. The lowest BCUT2D eigenvalue weighted by Gasteiger charge is -2.19. The van der Waals surface area contributed by atoms with Crippen molar-refractivity contribution in [2.24, 2.45) is 11.0 Å². The molecule has 0 saturated carbocycles. The van der Waals surface area contributed by atoms with E-state index in [0.29, 0.717) is 43.5 Å². The summed E-state index contributed by atoms with van der Waals surface area (Å²) < 4.78 is 13.0. The zero-order valence-electron chi connectivity index (χ0n) is 14.9. The van der Waals surface area contributed by atoms with E-state index in [-0.39, 0.29) is 5.91 Å². The predicted octanol–water partition coefficient (Wildman–Crippen LogP) is 1.85. The molecule has 0 radical (unpaired) electrons. The third-order valence-corrected chi connectivity index (χ3v) is 4.17. The number of fused-ring (bicyclic) bond motifs is 1. The molecule has 1 N–H and O–H groups in total. The molecular formula is C18H21N5O3. The molecule has 0 aliphatic carbocycles. The van der Waals surface area contributed by atoms with Gasteiger partial charge in [-0.3, -0.25) is 4.79 Å². The van der Waals surface area contributed by atoms with Crippen LogP contribution in [0.2, 0.25) is 0 Å². The Labute approximate surface area is 151 Å². The molecule has 2 aliphatic heterocycles. The molecular weight excluding hydrogens is 334 g/mol. The first-order valence-electron chi connectivity index (χ1n) is 8.82. The summed E-state index contributed by atoms with van der Waals surface area (Å²) in [6.45, 7) is 5.33. The van der Waals surface area contributed by atoms with E-state index in [9.17, 15) is 4.79 Å². The average Bonchev–Trinajstić information content (AvgIpc) is 3.05. The summed E-state index contributed by atoms with van der Waals surface area (Å²) in [5.74, 6) is 3.18. The Morgan fingerprint density at radius 2 is 2.00 bits per heavy atom. The molecule has 26 heavy (non-hydrogen) atoms. The Morgan fingerprint density at radius 3 is 2.73 bits per heavy atom. The van der Waals surface area contributed by atoms with Crippen molar-refractivity contribution in [2.45, 2.75) is 33.1 Å². The van der Waals surface area contributed by atoms with Gasteiger partial charge in [0.2, 0.25) is 5.91 Å². The van der Waals surface area contributed by atoms with E-state index in [2.05, 4.69) is 34.5 Å². The number of amides is 1. The van der Waals surface area contributed by atoms with E-state index >= 15 is 0 Å². The maximum Gasteiger partial charge on any atom is 0.240 e.